The molecule has 10 nitrogen and oxygen atoms in total. The van der Waals surface area contributed by atoms with E-state index in [9.17, 15) is 25.1 Å². The Morgan fingerprint density at radius 3 is 2.78 bits per heavy atom. The fourth-order valence-corrected chi connectivity index (χ4v) is 7.49. The molecule has 2 N–H and O–H groups in total. The maximum absolute atomic E-state index is 12.8. The second kappa shape index (κ2) is 10.5. The third-order valence-electron chi connectivity index (χ3n) is 9.62. The summed E-state index contributed by atoms with van der Waals surface area (Å²) in [7, 11) is 0. The third kappa shape index (κ3) is 5.12. The number of nitrogens with zero attached hydrogens (tertiary/aromatic N) is 3. The van der Waals surface area contributed by atoms with Crippen LogP contribution >= 0.6 is 0 Å². The Balaban J connectivity index is 1.22. The van der Waals surface area contributed by atoms with Crippen molar-refractivity contribution in [1.29, 1.82) is 0 Å². The molecule has 4 aliphatic rings. The van der Waals surface area contributed by atoms with E-state index in [0.29, 0.717) is 49.6 Å². The van der Waals surface area contributed by atoms with Gasteiger partial charge in [-0.1, -0.05) is 18.1 Å². The van der Waals surface area contributed by atoms with Crippen LogP contribution in [0, 0.1) is 33.3 Å². The van der Waals surface area contributed by atoms with Gasteiger partial charge >= 0.3 is 0 Å². The molecule has 202 valence electrons. The number of aliphatic hydroxyl groups excluding tert-OH is 1. The van der Waals surface area contributed by atoms with Crippen molar-refractivity contribution >= 4 is 11.6 Å². The summed E-state index contributed by atoms with van der Waals surface area (Å²) in [6.07, 6.45) is 6.46. The first kappa shape index (κ1) is 25.8. The molecule has 3 fully saturated rings. The van der Waals surface area contributed by atoms with Crippen molar-refractivity contribution in [3.8, 4) is 5.75 Å². The molecular weight excluding hydrogens is 478 g/mol. The average molecular weight is 516 g/mol. The molecule has 0 aromatic heterocycles. The third-order valence-corrected chi connectivity index (χ3v) is 9.62. The minimum Gasteiger partial charge on any atom is -0.508 e. The highest BCUT2D eigenvalue weighted by Crippen LogP contribution is 2.61. The molecule has 0 radical (unpaired) electrons. The van der Waals surface area contributed by atoms with E-state index < -0.39 is 5.09 Å². The minimum absolute atomic E-state index is 0.0703. The van der Waals surface area contributed by atoms with Crippen molar-refractivity contribution in [1.82, 2.24) is 4.90 Å². The van der Waals surface area contributed by atoms with Crippen LogP contribution in [-0.4, -0.2) is 64.2 Å². The topological polar surface area (TPSA) is 135 Å². The zero-order valence-corrected chi connectivity index (χ0v) is 21.4. The number of fused-ring (bicyclic) bond motifs is 5. The van der Waals surface area contributed by atoms with Crippen molar-refractivity contribution in [3.05, 3.63) is 39.4 Å². The smallest absolute Gasteiger partial charge is 0.294 e. The van der Waals surface area contributed by atoms with E-state index in [2.05, 4.69) is 16.9 Å². The van der Waals surface area contributed by atoms with E-state index in [1.807, 2.05) is 6.07 Å². The number of phenolic OH excluding ortho intramolecular Hbond substituents is 1. The van der Waals surface area contributed by atoms with Crippen LogP contribution in [-0.2, 0) is 14.5 Å². The number of oxime groups is 1. The number of piperidine rings is 1. The van der Waals surface area contributed by atoms with Crippen molar-refractivity contribution in [3.63, 3.8) is 0 Å². The summed E-state index contributed by atoms with van der Waals surface area (Å²) in [5.41, 5.74) is 2.76. The Bertz CT molecular complexity index is 1050. The van der Waals surface area contributed by atoms with Gasteiger partial charge in [-0.15, -0.1) is 10.1 Å². The monoisotopic (exact) mass is 515 g/mol. The van der Waals surface area contributed by atoms with E-state index in [0.717, 1.165) is 49.8 Å². The van der Waals surface area contributed by atoms with Crippen LogP contribution in [0.3, 0.4) is 0 Å². The molecule has 0 spiro atoms. The summed E-state index contributed by atoms with van der Waals surface area (Å²) >= 11 is 0. The molecule has 1 amide bonds. The van der Waals surface area contributed by atoms with Crippen molar-refractivity contribution < 1.29 is 29.8 Å². The van der Waals surface area contributed by atoms with Gasteiger partial charge in [0, 0.05) is 18.7 Å². The van der Waals surface area contributed by atoms with Crippen LogP contribution in [0.1, 0.15) is 75.3 Å². The first-order chi connectivity index (χ1) is 17.8. The van der Waals surface area contributed by atoms with Crippen LogP contribution in [0.2, 0.25) is 0 Å². The van der Waals surface area contributed by atoms with E-state index >= 15 is 0 Å². The van der Waals surface area contributed by atoms with Gasteiger partial charge in [0.25, 0.3) is 11.0 Å². The lowest BCUT2D eigenvalue weighted by Crippen LogP contribution is -2.45. The Morgan fingerprint density at radius 2 is 2.03 bits per heavy atom. The van der Waals surface area contributed by atoms with Gasteiger partial charge in [-0.2, -0.15) is 0 Å². The van der Waals surface area contributed by atoms with E-state index in [1.54, 1.807) is 17.0 Å². The molecule has 5 atom stereocenters. The summed E-state index contributed by atoms with van der Waals surface area (Å²) in [5, 5.41) is 34.9. The summed E-state index contributed by atoms with van der Waals surface area (Å²) in [4.78, 5) is 34.8. The van der Waals surface area contributed by atoms with Gasteiger partial charge in [0.1, 0.15) is 5.75 Å². The van der Waals surface area contributed by atoms with Gasteiger partial charge in [0.15, 0.2) is 6.61 Å². The molecule has 5 rings (SSSR count). The number of rotatable bonds is 7. The highest BCUT2D eigenvalue weighted by molar-refractivity contribution is 6.03. The Morgan fingerprint density at radius 1 is 1.24 bits per heavy atom. The highest BCUT2D eigenvalue weighted by atomic mass is 16.9. The molecule has 0 unspecified atom stereocenters. The van der Waals surface area contributed by atoms with Crippen molar-refractivity contribution in [2.75, 3.05) is 26.3 Å². The summed E-state index contributed by atoms with van der Waals surface area (Å²) < 4.78 is 0. The number of carbonyl (C=O) groups is 1. The normalized spacial score (nSPS) is 32.4. The Labute approximate surface area is 216 Å². The lowest BCUT2D eigenvalue weighted by atomic mass is 9.55. The maximum Gasteiger partial charge on any atom is 0.294 e. The van der Waals surface area contributed by atoms with Gasteiger partial charge in [0.2, 0.25) is 0 Å². The molecule has 2 saturated carbocycles. The molecule has 1 aromatic rings. The summed E-state index contributed by atoms with van der Waals surface area (Å²) in [6.45, 7) is 3.34. The Kier molecular flexibility index (Phi) is 7.29. The number of aromatic hydroxyl groups is 1. The molecule has 3 aliphatic carbocycles. The fraction of sp³-hybridized carbons (Fsp3) is 0.704. The predicted octanol–water partition coefficient (Wildman–Crippen LogP) is 3.62. The zero-order valence-electron chi connectivity index (χ0n) is 21.4. The molecule has 10 heteroatoms. The van der Waals surface area contributed by atoms with Crippen LogP contribution in [0.5, 0.6) is 5.75 Å². The van der Waals surface area contributed by atoms with Gasteiger partial charge < -0.3 is 24.8 Å². The van der Waals surface area contributed by atoms with Gasteiger partial charge in [-0.3, -0.25) is 4.79 Å². The number of hydrogen-bond acceptors (Lipinski definition) is 8. The lowest BCUT2D eigenvalue weighted by molar-refractivity contribution is -0.758. The van der Waals surface area contributed by atoms with Crippen LogP contribution in [0.25, 0.3) is 0 Å². The van der Waals surface area contributed by atoms with Gasteiger partial charge in [0.05, 0.1) is 18.4 Å². The summed E-state index contributed by atoms with van der Waals surface area (Å²) in [6, 6.07) is 5.48. The molecule has 0 bridgehead atoms. The fourth-order valence-electron chi connectivity index (χ4n) is 7.49. The van der Waals surface area contributed by atoms with E-state index in [1.165, 1.54) is 5.56 Å². The average Bonchev–Trinajstić information content (AvgIpc) is 3.18. The number of benzene rings is 1. The lowest BCUT2D eigenvalue weighted by Gasteiger charge is -2.50. The number of carbonyl (C=O) groups excluding carboxylic acids is 1. The quantitative estimate of drug-likeness (QED) is 0.418. The minimum atomic E-state index is -0.770. The molecular formula is C27H37N3O7. The second-order valence-corrected chi connectivity index (χ2v) is 11.5. The zero-order chi connectivity index (χ0) is 26.2. The first-order valence-corrected chi connectivity index (χ1v) is 13.5. The number of likely N-dealkylation sites (tertiary alicyclic amines) is 1. The highest BCUT2D eigenvalue weighted by Gasteiger charge is 2.55. The number of aliphatic hydroxyl groups is 1. The summed E-state index contributed by atoms with van der Waals surface area (Å²) in [5.74, 6) is 1.50. The molecule has 37 heavy (non-hydrogen) atoms. The standard InChI is InChI=1S/C27H37N3O7/c1-27-10-6-20-19-3-2-18(31)14-22(19)24(15-21(20)23(27)4-5-25(27)32)28-36-16-26(33)29-11-7-17(8-12-29)9-13-37-30(34)35/h2-3,14,17,20-21,23,25,31-32H,4-13,15-16H2,1H3/t20-,21-,23+,25+,27+/m1/s1. The maximum atomic E-state index is 12.8. The van der Waals surface area contributed by atoms with Crippen molar-refractivity contribution in [2.24, 2.45) is 28.3 Å². The molecule has 1 aromatic carbocycles. The largest absolute Gasteiger partial charge is 0.508 e. The molecule has 1 saturated heterocycles. The van der Waals surface area contributed by atoms with E-state index in [-0.39, 0.29) is 36.4 Å². The van der Waals surface area contributed by atoms with E-state index in [4.69, 9.17) is 4.84 Å². The predicted molar refractivity (Wildman–Crippen MR) is 134 cm³/mol. The molecule has 1 aliphatic heterocycles. The number of hydrogen-bond donors (Lipinski definition) is 2. The Hall–Kier alpha value is -2.88. The number of phenols is 1. The van der Waals surface area contributed by atoms with Gasteiger partial charge in [-0.25, -0.2) is 0 Å². The SMILES string of the molecule is C[C@]12CC[C@@H]3c4ccc(O)cc4C(=NOCC(=O)N4CCC(CCO[N+](=O)[O-])CC4)C[C@H]3[C@@H]1CC[C@@H]2O. The number of amides is 1. The first-order valence-electron chi connectivity index (χ1n) is 13.5. The van der Waals surface area contributed by atoms with Crippen LogP contribution in [0.4, 0.5) is 0 Å². The molecule has 1 heterocycles. The van der Waals surface area contributed by atoms with Crippen LogP contribution < -0.4 is 0 Å². The van der Waals surface area contributed by atoms with Crippen molar-refractivity contribution in [2.45, 2.75) is 70.3 Å². The van der Waals surface area contributed by atoms with Crippen LogP contribution in [0.15, 0.2) is 23.4 Å². The second-order valence-electron chi connectivity index (χ2n) is 11.5. The van der Waals surface area contributed by atoms with Gasteiger partial charge in [-0.05, 0) is 98.1 Å².